The number of fused-ring (bicyclic) bond motifs is 1. The molecule has 0 bridgehead atoms. The zero-order valence-corrected chi connectivity index (χ0v) is 11.3. The van der Waals surface area contributed by atoms with Gasteiger partial charge in [0.05, 0.1) is 6.26 Å². The van der Waals surface area contributed by atoms with Crippen molar-refractivity contribution in [3.8, 4) is 0 Å². The highest BCUT2D eigenvalue weighted by atomic mass is 16.3. The minimum Gasteiger partial charge on any atom is -0.469 e. The van der Waals surface area contributed by atoms with E-state index in [1.807, 2.05) is 6.26 Å². The van der Waals surface area contributed by atoms with Crippen LogP contribution < -0.4 is 5.32 Å². The topological polar surface area (TPSA) is 28.4 Å². The van der Waals surface area contributed by atoms with Crippen LogP contribution in [0.3, 0.4) is 0 Å². The van der Waals surface area contributed by atoms with Crippen molar-refractivity contribution in [2.75, 3.05) is 19.6 Å². The first-order chi connectivity index (χ1) is 8.86. The van der Waals surface area contributed by atoms with Gasteiger partial charge in [0.2, 0.25) is 0 Å². The third-order valence-corrected chi connectivity index (χ3v) is 4.44. The Morgan fingerprint density at radius 1 is 1.39 bits per heavy atom. The van der Waals surface area contributed by atoms with E-state index in [4.69, 9.17) is 4.42 Å². The van der Waals surface area contributed by atoms with Crippen molar-refractivity contribution < 1.29 is 4.42 Å². The van der Waals surface area contributed by atoms with Crippen LogP contribution in [0.1, 0.15) is 50.0 Å². The smallest absolute Gasteiger partial charge is 0.108 e. The molecule has 2 heterocycles. The van der Waals surface area contributed by atoms with Gasteiger partial charge in [-0.15, -0.1) is 0 Å². The molecule has 1 aromatic heterocycles. The van der Waals surface area contributed by atoms with Crippen LogP contribution in [0.2, 0.25) is 0 Å². The molecule has 1 aromatic rings. The maximum atomic E-state index is 5.57. The molecule has 1 saturated heterocycles. The number of hydrogen-bond acceptors (Lipinski definition) is 3. The molecule has 2 atom stereocenters. The first-order valence-corrected chi connectivity index (χ1v) is 7.41. The molecule has 1 N–H and O–H groups in total. The van der Waals surface area contributed by atoms with Gasteiger partial charge in [-0.3, -0.25) is 0 Å². The van der Waals surface area contributed by atoms with Crippen molar-refractivity contribution in [2.45, 2.75) is 51.1 Å². The van der Waals surface area contributed by atoms with E-state index in [-0.39, 0.29) is 0 Å². The molecule has 18 heavy (non-hydrogen) atoms. The van der Waals surface area contributed by atoms with Gasteiger partial charge in [-0.25, -0.2) is 0 Å². The Balaban J connectivity index is 1.64. The largest absolute Gasteiger partial charge is 0.469 e. The summed E-state index contributed by atoms with van der Waals surface area (Å²) >= 11 is 0. The Hall–Kier alpha value is -0.800. The Kier molecular flexibility index (Phi) is 3.71. The first-order valence-electron chi connectivity index (χ1n) is 7.41. The molecule has 3 heteroatoms. The fourth-order valence-corrected chi connectivity index (χ4v) is 3.42. The first kappa shape index (κ1) is 12.2. The summed E-state index contributed by atoms with van der Waals surface area (Å²) in [7, 11) is 0. The minimum absolute atomic E-state index is 0.523. The zero-order chi connectivity index (χ0) is 12.4. The average Bonchev–Trinajstić information content (AvgIpc) is 2.88. The van der Waals surface area contributed by atoms with Gasteiger partial charge in [0.1, 0.15) is 5.76 Å². The van der Waals surface area contributed by atoms with Crippen LogP contribution in [-0.4, -0.2) is 30.6 Å². The second-order valence-electron chi connectivity index (χ2n) is 5.64. The van der Waals surface area contributed by atoms with Gasteiger partial charge in [-0.1, -0.05) is 6.92 Å². The zero-order valence-electron chi connectivity index (χ0n) is 11.3. The fourth-order valence-electron chi connectivity index (χ4n) is 3.42. The van der Waals surface area contributed by atoms with Gasteiger partial charge >= 0.3 is 0 Å². The lowest BCUT2D eigenvalue weighted by molar-refractivity contribution is 0.186. The van der Waals surface area contributed by atoms with E-state index in [1.165, 1.54) is 56.6 Å². The summed E-state index contributed by atoms with van der Waals surface area (Å²) in [6, 6.07) is 3.34. The van der Waals surface area contributed by atoms with Gasteiger partial charge in [-0.2, -0.15) is 0 Å². The molecule has 1 fully saturated rings. The number of piperidine rings is 1. The van der Waals surface area contributed by atoms with Crippen LogP contribution in [0, 0.1) is 0 Å². The molecule has 0 saturated carbocycles. The normalized spacial score (nSPS) is 29.2. The fraction of sp³-hybridized carbons (Fsp3) is 0.733. The maximum absolute atomic E-state index is 5.57. The van der Waals surface area contributed by atoms with Crippen LogP contribution in [0.4, 0.5) is 0 Å². The molecule has 1 aliphatic heterocycles. The Morgan fingerprint density at radius 3 is 3.22 bits per heavy atom. The van der Waals surface area contributed by atoms with E-state index < -0.39 is 0 Å². The number of nitrogens with zero attached hydrogens (tertiary/aromatic N) is 1. The number of likely N-dealkylation sites (N-methyl/N-ethyl adjacent to an activating group) is 1. The van der Waals surface area contributed by atoms with Gasteiger partial charge in [0.25, 0.3) is 0 Å². The Morgan fingerprint density at radius 2 is 2.33 bits per heavy atom. The summed E-state index contributed by atoms with van der Waals surface area (Å²) in [6.07, 6.45) is 8.13. The molecule has 1 aliphatic carbocycles. The van der Waals surface area contributed by atoms with Crippen molar-refractivity contribution in [2.24, 2.45) is 0 Å². The molecule has 2 unspecified atom stereocenters. The van der Waals surface area contributed by atoms with Crippen LogP contribution in [-0.2, 0) is 6.42 Å². The number of aryl methyl sites for hydroxylation is 1. The molecular weight excluding hydrogens is 224 g/mol. The maximum Gasteiger partial charge on any atom is 0.108 e. The molecule has 0 aromatic carbocycles. The van der Waals surface area contributed by atoms with E-state index in [1.54, 1.807) is 0 Å². The number of nitrogens with one attached hydrogen (secondary N) is 1. The van der Waals surface area contributed by atoms with E-state index in [9.17, 15) is 0 Å². The van der Waals surface area contributed by atoms with Crippen molar-refractivity contribution in [3.05, 3.63) is 23.7 Å². The third-order valence-electron chi connectivity index (χ3n) is 4.44. The molecule has 0 radical (unpaired) electrons. The molecule has 3 nitrogen and oxygen atoms in total. The number of likely N-dealkylation sites (tertiary alicyclic amines) is 1. The molecule has 2 aliphatic rings. The summed E-state index contributed by atoms with van der Waals surface area (Å²) < 4.78 is 5.57. The van der Waals surface area contributed by atoms with Gasteiger partial charge in [0.15, 0.2) is 0 Å². The van der Waals surface area contributed by atoms with Crippen molar-refractivity contribution in [1.82, 2.24) is 10.2 Å². The van der Waals surface area contributed by atoms with E-state index in [0.29, 0.717) is 12.1 Å². The highest BCUT2D eigenvalue weighted by Gasteiger charge is 2.26. The predicted octanol–water partition coefficient (Wildman–Crippen LogP) is 2.73. The van der Waals surface area contributed by atoms with Crippen LogP contribution in [0.5, 0.6) is 0 Å². The highest BCUT2D eigenvalue weighted by molar-refractivity contribution is 5.24. The lowest BCUT2D eigenvalue weighted by atomic mass is 9.92. The Bertz CT molecular complexity index is 388. The van der Waals surface area contributed by atoms with Crippen LogP contribution >= 0.6 is 0 Å². The van der Waals surface area contributed by atoms with E-state index >= 15 is 0 Å². The molecule has 0 spiro atoms. The SMILES string of the molecule is CCN1CCCC(NC2CCCc3occc32)C1. The summed E-state index contributed by atoms with van der Waals surface area (Å²) in [6.45, 7) is 5.92. The summed E-state index contributed by atoms with van der Waals surface area (Å²) in [5.74, 6) is 1.21. The molecule has 100 valence electrons. The quantitative estimate of drug-likeness (QED) is 0.891. The predicted molar refractivity (Wildman–Crippen MR) is 72.7 cm³/mol. The lowest BCUT2D eigenvalue weighted by Gasteiger charge is -2.35. The summed E-state index contributed by atoms with van der Waals surface area (Å²) in [5, 5.41) is 3.86. The van der Waals surface area contributed by atoms with Crippen molar-refractivity contribution >= 4 is 0 Å². The van der Waals surface area contributed by atoms with Crippen molar-refractivity contribution in [1.29, 1.82) is 0 Å². The van der Waals surface area contributed by atoms with E-state index in [2.05, 4.69) is 23.2 Å². The minimum atomic E-state index is 0.523. The van der Waals surface area contributed by atoms with Crippen LogP contribution in [0.15, 0.2) is 16.7 Å². The average molecular weight is 248 g/mol. The Labute approximate surface area is 110 Å². The third kappa shape index (κ3) is 2.47. The molecule has 0 amide bonds. The van der Waals surface area contributed by atoms with Gasteiger partial charge in [0, 0.05) is 30.6 Å². The van der Waals surface area contributed by atoms with Gasteiger partial charge in [-0.05, 0) is 44.8 Å². The number of rotatable bonds is 3. The van der Waals surface area contributed by atoms with E-state index in [0.717, 1.165) is 6.42 Å². The highest BCUT2D eigenvalue weighted by Crippen LogP contribution is 2.31. The number of furan rings is 1. The van der Waals surface area contributed by atoms with Gasteiger partial charge < -0.3 is 14.6 Å². The lowest BCUT2D eigenvalue weighted by Crippen LogP contribution is -2.47. The monoisotopic (exact) mass is 248 g/mol. The number of hydrogen-bond donors (Lipinski definition) is 1. The second kappa shape index (κ2) is 5.45. The second-order valence-corrected chi connectivity index (χ2v) is 5.64. The summed E-state index contributed by atoms with van der Waals surface area (Å²) in [4.78, 5) is 2.56. The van der Waals surface area contributed by atoms with Crippen molar-refractivity contribution in [3.63, 3.8) is 0 Å². The standard InChI is InChI=1S/C15H24N2O/c1-2-17-9-4-5-12(11-17)16-14-6-3-7-15-13(14)8-10-18-15/h8,10,12,14,16H,2-7,9,11H2,1H3. The molecule has 3 rings (SSSR count). The molecular formula is C15H24N2O. The summed E-state index contributed by atoms with van der Waals surface area (Å²) in [5.41, 5.74) is 1.41. The van der Waals surface area contributed by atoms with Crippen LogP contribution in [0.25, 0.3) is 0 Å².